The van der Waals surface area contributed by atoms with Gasteiger partial charge in [0.15, 0.2) is 11.0 Å². The molecule has 0 radical (unpaired) electrons. The quantitative estimate of drug-likeness (QED) is 0.570. The van der Waals surface area contributed by atoms with Crippen molar-refractivity contribution in [1.82, 2.24) is 24.6 Å². The highest BCUT2D eigenvalue weighted by atomic mass is 32.2. The molecular weight excluding hydrogens is 394 g/mol. The summed E-state index contributed by atoms with van der Waals surface area (Å²) in [6.45, 7) is 7.88. The molecule has 156 valence electrons. The number of likely N-dealkylation sites (tertiary alicyclic amines) is 1. The first kappa shape index (κ1) is 20.6. The zero-order chi connectivity index (χ0) is 21.1. The third-order valence-electron chi connectivity index (χ3n) is 5.62. The van der Waals surface area contributed by atoms with Gasteiger partial charge in [-0.1, -0.05) is 17.8 Å². The molecule has 30 heavy (non-hydrogen) atoms. The Morgan fingerprint density at radius 1 is 1.00 bits per heavy atom. The first-order valence-corrected chi connectivity index (χ1v) is 11.3. The zero-order valence-corrected chi connectivity index (χ0v) is 18.5. The summed E-state index contributed by atoms with van der Waals surface area (Å²) >= 11 is 1.47. The minimum absolute atomic E-state index is 0.180. The van der Waals surface area contributed by atoms with E-state index in [-0.39, 0.29) is 11.2 Å². The average molecular weight is 422 g/mol. The van der Waals surface area contributed by atoms with Crippen LogP contribution in [-0.4, -0.2) is 48.9 Å². The first-order valence-electron chi connectivity index (χ1n) is 10.4. The molecule has 0 spiro atoms. The molecule has 3 aromatic rings. The van der Waals surface area contributed by atoms with Crippen molar-refractivity contribution < 1.29 is 4.79 Å². The van der Waals surface area contributed by atoms with E-state index in [0.29, 0.717) is 0 Å². The third kappa shape index (κ3) is 4.26. The molecule has 0 saturated carbocycles. The van der Waals surface area contributed by atoms with Crippen molar-refractivity contribution in [1.29, 1.82) is 0 Å². The van der Waals surface area contributed by atoms with Crippen LogP contribution in [0.5, 0.6) is 0 Å². The van der Waals surface area contributed by atoms with Crippen LogP contribution in [0.25, 0.3) is 17.1 Å². The van der Waals surface area contributed by atoms with Crippen LogP contribution >= 0.6 is 11.8 Å². The van der Waals surface area contributed by atoms with E-state index in [9.17, 15) is 4.79 Å². The number of pyridine rings is 1. The molecule has 1 unspecified atom stereocenters. The van der Waals surface area contributed by atoms with Gasteiger partial charge in [-0.2, -0.15) is 0 Å². The normalized spacial score (nSPS) is 15.2. The minimum atomic E-state index is -0.220. The van der Waals surface area contributed by atoms with Gasteiger partial charge in [0.05, 0.1) is 10.9 Å². The smallest absolute Gasteiger partial charge is 0.235 e. The Balaban J connectivity index is 1.70. The molecule has 1 fully saturated rings. The highest BCUT2D eigenvalue weighted by molar-refractivity contribution is 8.00. The van der Waals surface area contributed by atoms with Crippen LogP contribution in [0.15, 0.2) is 47.9 Å². The lowest BCUT2D eigenvalue weighted by Crippen LogP contribution is -2.40. The van der Waals surface area contributed by atoms with Gasteiger partial charge in [-0.3, -0.25) is 14.3 Å². The highest BCUT2D eigenvalue weighted by Gasteiger charge is 2.26. The fraction of sp³-hybridized carbons (Fsp3) is 0.391. The first-order chi connectivity index (χ1) is 14.5. The second-order valence-electron chi connectivity index (χ2n) is 7.79. The lowest BCUT2D eigenvalue weighted by molar-refractivity contribution is -0.131. The fourth-order valence-corrected chi connectivity index (χ4v) is 4.66. The molecule has 1 amide bonds. The number of aryl methyl sites for hydroxylation is 2. The molecule has 0 bridgehead atoms. The Morgan fingerprint density at radius 3 is 2.43 bits per heavy atom. The second kappa shape index (κ2) is 9.00. The minimum Gasteiger partial charge on any atom is -0.342 e. The summed E-state index contributed by atoms with van der Waals surface area (Å²) in [4.78, 5) is 19.1. The largest absolute Gasteiger partial charge is 0.342 e. The van der Waals surface area contributed by atoms with Crippen molar-refractivity contribution in [2.24, 2.45) is 0 Å². The number of amides is 1. The van der Waals surface area contributed by atoms with Gasteiger partial charge < -0.3 is 4.90 Å². The molecule has 7 heteroatoms. The number of thioether (sulfide) groups is 1. The van der Waals surface area contributed by atoms with Crippen LogP contribution in [0, 0.1) is 13.8 Å². The Morgan fingerprint density at radius 2 is 1.73 bits per heavy atom. The van der Waals surface area contributed by atoms with Crippen LogP contribution in [0.4, 0.5) is 0 Å². The molecule has 1 atom stereocenters. The van der Waals surface area contributed by atoms with Gasteiger partial charge >= 0.3 is 0 Å². The Kier molecular flexibility index (Phi) is 6.18. The van der Waals surface area contributed by atoms with Crippen LogP contribution in [0.3, 0.4) is 0 Å². The number of aromatic nitrogens is 4. The summed E-state index contributed by atoms with van der Waals surface area (Å²) in [6.07, 6.45) is 6.90. The SMILES string of the molecule is Cc1ccc(-n2c(SC(C)C(=O)N3CCCCC3)nnc2-c2ccncc2)cc1C. The van der Waals surface area contributed by atoms with Gasteiger partial charge in [0.1, 0.15) is 0 Å². The number of carbonyl (C=O) groups excluding carboxylic acids is 1. The standard InChI is InChI=1S/C23H27N5OS/c1-16-7-8-20(15-17(16)2)28-21(19-9-11-24-12-10-19)25-26-23(28)30-18(3)22(29)27-13-5-4-6-14-27/h7-12,15,18H,4-6,13-14H2,1-3H3. The molecule has 6 nitrogen and oxygen atoms in total. The van der Waals surface area contributed by atoms with E-state index in [4.69, 9.17) is 0 Å². The summed E-state index contributed by atoms with van der Waals surface area (Å²) in [5.41, 5.74) is 4.38. The maximum Gasteiger partial charge on any atom is 0.235 e. The number of rotatable bonds is 5. The van der Waals surface area contributed by atoms with Gasteiger partial charge in [0.25, 0.3) is 0 Å². The second-order valence-corrected chi connectivity index (χ2v) is 9.10. The molecule has 1 saturated heterocycles. The molecule has 0 N–H and O–H groups in total. The van der Waals surface area contributed by atoms with E-state index in [0.717, 1.165) is 48.2 Å². The maximum absolute atomic E-state index is 13.0. The molecule has 1 aliphatic heterocycles. The highest BCUT2D eigenvalue weighted by Crippen LogP contribution is 2.31. The number of piperidine rings is 1. The summed E-state index contributed by atoms with van der Waals surface area (Å²) in [5.74, 6) is 0.931. The van der Waals surface area contributed by atoms with Crippen LogP contribution in [0.1, 0.15) is 37.3 Å². The summed E-state index contributed by atoms with van der Waals surface area (Å²) in [5, 5.41) is 9.46. The molecular formula is C23H27N5OS. The van der Waals surface area contributed by atoms with Gasteiger partial charge in [-0.05, 0) is 75.4 Å². The van der Waals surface area contributed by atoms with E-state index in [1.165, 1.54) is 29.3 Å². The summed E-state index contributed by atoms with van der Waals surface area (Å²) in [7, 11) is 0. The van der Waals surface area contributed by atoms with Gasteiger partial charge in [-0.15, -0.1) is 10.2 Å². The van der Waals surface area contributed by atoms with Gasteiger partial charge in [-0.25, -0.2) is 0 Å². The number of hydrogen-bond acceptors (Lipinski definition) is 5. The summed E-state index contributed by atoms with van der Waals surface area (Å²) < 4.78 is 2.05. The van der Waals surface area contributed by atoms with E-state index < -0.39 is 0 Å². The zero-order valence-electron chi connectivity index (χ0n) is 17.7. The maximum atomic E-state index is 13.0. The Labute approximate surface area is 181 Å². The lowest BCUT2D eigenvalue weighted by Gasteiger charge is -2.28. The molecule has 3 heterocycles. The van der Waals surface area contributed by atoms with E-state index in [2.05, 4.69) is 47.2 Å². The van der Waals surface area contributed by atoms with E-state index in [1.807, 2.05) is 28.5 Å². The van der Waals surface area contributed by atoms with Crippen molar-refractivity contribution in [2.45, 2.75) is 50.4 Å². The molecule has 4 rings (SSSR count). The topological polar surface area (TPSA) is 63.9 Å². The van der Waals surface area contributed by atoms with Crippen molar-refractivity contribution in [3.8, 4) is 17.1 Å². The Hall–Kier alpha value is -2.67. The number of nitrogens with zero attached hydrogens (tertiary/aromatic N) is 5. The van der Waals surface area contributed by atoms with E-state index >= 15 is 0 Å². The monoisotopic (exact) mass is 421 g/mol. The fourth-order valence-electron chi connectivity index (χ4n) is 3.71. The van der Waals surface area contributed by atoms with Gasteiger partial charge in [0, 0.05) is 31.0 Å². The van der Waals surface area contributed by atoms with E-state index in [1.54, 1.807) is 12.4 Å². The Bertz CT molecular complexity index is 1030. The molecule has 1 aromatic carbocycles. The number of carbonyl (C=O) groups is 1. The summed E-state index contributed by atoms with van der Waals surface area (Å²) in [6, 6.07) is 10.2. The third-order valence-corrected chi connectivity index (χ3v) is 6.65. The average Bonchev–Trinajstić information content (AvgIpc) is 3.19. The van der Waals surface area contributed by atoms with Crippen LogP contribution in [0.2, 0.25) is 0 Å². The van der Waals surface area contributed by atoms with Crippen LogP contribution < -0.4 is 0 Å². The number of benzene rings is 1. The molecule has 1 aliphatic rings. The molecule has 0 aliphatic carbocycles. The van der Waals surface area contributed by atoms with Crippen molar-refractivity contribution in [2.75, 3.05) is 13.1 Å². The van der Waals surface area contributed by atoms with Gasteiger partial charge in [0.2, 0.25) is 5.91 Å². The predicted molar refractivity (Wildman–Crippen MR) is 120 cm³/mol. The predicted octanol–water partition coefficient (Wildman–Crippen LogP) is 4.44. The molecule has 2 aromatic heterocycles. The van der Waals surface area contributed by atoms with Crippen molar-refractivity contribution >= 4 is 17.7 Å². The lowest BCUT2D eigenvalue weighted by atomic mass is 10.1. The van der Waals surface area contributed by atoms with Crippen molar-refractivity contribution in [3.63, 3.8) is 0 Å². The number of hydrogen-bond donors (Lipinski definition) is 0. The van der Waals surface area contributed by atoms with Crippen molar-refractivity contribution in [3.05, 3.63) is 53.9 Å². The van der Waals surface area contributed by atoms with Crippen LogP contribution in [-0.2, 0) is 4.79 Å².